The highest BCUT2D eigenvalue weighted by molar-refractivity contribution is 5.95. The molecule has 0 spiro atoms. The number of nitrogens with one attached hydrogen (secondary N) is 1. The summed E-state index contributed by atoms with van der Waals surface area (Å²) in [5.41, 5.74) is 9.15. The van der Waals surface area contributed by atoms with Crippen molar-refractivity contribution in [3.05, 3.63) is 66.1 Å². The molecule has 0 atom stereocenters. The Kier molecular flexibility index (Phi) is 4.74. The van der Waals surface area contributed by atoms with Crippen LogP contribution in [0.15, 0.2) is 55.0 Å². The number of ether oxygens (including phenoxy) is 1. The van der Waals surface area contributed by atoms with E-state index in [-0.39, 0.29) is 0 Å². The van der Waals surface area contributed by atoms with Crippen molar-refractivity contribution in [2.75, 3.05) is 11.9 Å². The third-order valence-corrected chi connectivity index (χ3v) is 5.38. The number of pyridine rings is 1. The van der Waals surface area contributed by atoms with Crippen LogP contribution in [0.3, 0.4) is 0 Å². The number of nitrogens with two attached hydrogens (primary N) is 1. The first kappa shape index (κ1) is 19.0. The first-order valence-electron chi connectivity index (χ1n) is 10.2. The van der Waals surface area contributed by atoms with Gasteiger partial charge in [-0.15, -0.1) is 0 Å². The largest absolute Gasteiger partial charge is 0.437 e. The lowest BCUT2D eigenvalue weighted by molar-refractivity contribution is 0.0999. The van der Waals surface area contributed by atoms with Crippen molar-refractivity contribution >= 4 is 17.4 Å². The Balaban J connectivity index is 1.59. The number of nitrogens with zero attached hydrogens (tertiary/aromatic N) is 4. The van der Waals surface area contributed by atoms with Crippen molar-refractivity contribution in [1.29, 1.82) is 0 Å². The van der Waals surface area contributed by atoms with Crippen LogP contribution in [0.2, 0.25) is 0 Å². The smallest absolute Gasteiger partial charge is 0.248 e. The molecule has 3 heterocycles. The molecule has 8 nitrogen and oxygen atoms in total. The van der Waals surface area contributed by atoms with E-state index in [0.29, 0.717) is 28.8 Å². The van der Waals surface area contributed by atoms with E-state index in [1.807, 2.05) is 37.3 Å². The molecule has 1 amide bonds. The van der Waals surface area contributed by atoms with Gasteiger partial charge in [0, 0.05) is 29.9 Å². The van der Waals surface area contributed by atoms with E-state index >= 15 is 0 Å². The maximum atomic E-state index is 11.6. The summed E-state index contributed by atoms with van der Waals surface area (Å²) in [6, 6.07) is 11.0. The fourth-order valence-corrected chi connectivity index (χ4v) is 3.53. The van der Waals surface area contributed by atoms with Gasteiger partial charge in [0.2, 0.25) is 11.8 Å². The van der Waals surface area contributed by atoms with Gasteiger partial charge >= 0.3 is 0 Å². The SMILES string of the molecule is Cc1cc(-c2cnn3c(NCC4CC4)cc(Oc4cccnc4)nc23)ccc1C(N)=O. The molecule has 1 aromatic carbocycles. The Morgan fingerprint density at radius 1 is 1.26 bits per heavy atom. The van der Waals surface area contributed by atoms with E-state index in [9.17, 15) is 4.79 Å². The summed E-state index contributed by atoms with van der Waals surface area (Å²) in [7, 11) is 0. The molecule has 3 aromatic heterocycles. The summed E-state index contributed by atoms with van der Waals surface area (Å²) in [4.78, 5) is 20.4. The average Bonchev–Trinajstić information content (AvgIpc) is 3.49. The van der Waals surface area contributed by atoms with E-state index in [4.69, 9.17) is 15.5 Å². The van der Waals surface area contributed by atoms with Crippen molar-refractivity contribution in [3.63, 3.8) is 0 Å². The number of aryl methyl sites for hydroxylation is 1. The van der Waals surface area contributed by atoms with Crippen molar-refractivity contribution in [1.82, 2.24) is 19.6 Å². The molecule has 0 radical (unpaired) electrons. The molecule has 8 heteroatoms. The van der Waals surface area contributed by atoms with Crippen LogP contribution in [0.25, 0.3) is 16.8 Å². The lowest BCUT2D eigenvalue weighted by Crippen LogP contribution is -2.12. The fraction of sp³-hybridized carbons (Fsp3) is 0.217. The zero-order valence-electron chi connectivity index (χ0n) is 17.1. The van der Waals surface area contributed by atoms with Gasteiger partial charge in [-0.3, -0.25) is 9.78 Å². The van der Waals surface area contributed by atoms with Gasteiger partial charge in [0.05, 0.1) is 12.4 Å². The van der Waals surface area contributed by atoms with E-state index in [2.05, 4.69) is 15.4 Å². The molecule has 0 bridgehead atoms. The average molecular weight is 414 g/mol. The first-order valence-corrected chi connectivity index (χ1v) is 10.2. The van der Waals surface area contributed by atoms with Gasteiger partial charge < -0.3 is 15.8 Å². The summed E-state index contributed by atoms with van der Waals surface area (Å²) in [6.45, 7) is 2.75. The predicted molar refractivity (Wildman–Crippen MR) is 117 cm³/mol. The Morgan fingerprint density at radius 3 is 2.84 bits per heavy atom. The highest BCUT2D eigenvalue weighted by Gasteiger charge is 2.22. The molecule has 1 aliphatic carbocycles. The lowest BCUT2D eigenvalue weighted by Gasteiger charge is -2.11. The molecule has 31 heavy (non-hydrogen) atoms. The second-order valence-electron chi connectivity index (χ2n) is 7.78. The molecule has 0 saturated heterocycles. The number of carbonyl (C=O) groups excluding carboxylic acids is 1. The van der Waals surface area contributed by atoms with Gasteiger partial charge in [-0.05, 0) is 55.0 Å². The number of amides is 1. The molecule has 3 N–H and O–H groups in total. The number of anilines is 1. The Bertz CT molecular complexity index is 1260. The first-order chi connectivity index (χ1) is 15.1. The molecule has 1 aliphatic rings. The van der Waals surface area contributed by atoms with Crippen LogP contribution in [0.5, 0.6) is 11.6 Å². The minimum Gasteiger partial charge on any atom is -0.437 e. The van der Waals surface area contributed by atoms with E-state index in [0.717, 1.165) is 29.1 Å². The van der Waals surface area contributed by atoms with Crippen LogP contribution in [-0.4, -0.2) is 32.0 Å². The number of primary amides is 1. The summed E-state index contributed by atoms with van der Waals surface area (Å²) in [5, 5.41) is 8.04. The van der Waals surface area contributed by atoms with Crippen molar-refractivity contribution in [2.45, 2.75) is 19.8 Å². The summed E-state index contributed by atoms with van der Waals surface area (Å²) >= 11 is 0. The molecular weight excluding hydrogens is 392 g/mol. The number of rotatable bonds is 7. The minimum absolute atomic E-state index is 0.444. The number of carbonyl (C=O) groups is 1. The number of hydrogen-bond donors (Lipinski definition) is 2. The lowest BCUT2D eigenvalue weighted by atomic mass is 10.0. The standard InChI is InChI=1S/C23H22N6O2/c1-14-9-16(6-7-18(14)22(24)30)19-13-27-29-20(26-11-15-4-5-15)10-21(28-23(19)29)31-17-3-2-8-25-12-17/h2-3,6-10,12-13,15,26H,4-5,11H2,1H3,(H2,24,30). The van der Waals surface area contributed by atoms with Crippen LogP contribution in [0.4, 0.5) is 5.82 Å². The van der Waals surface area contributed by atoms with Crippen LogP contribution < -0.4 is 15.8 Å². The maximum Gasteiger partial charge on any atom is 0.248 e. The maximum absolute atomic E-state index is 11.6. The summed E-state index contributed by atoms with van der Waals surface area (Å²) in [5.74, 6) is 2.12. The fourth-order valence-electron chi connectivity index (χ4n) is 3.53. The van der Waals surface area contributed by atoms with Crippen molar-refractivity contribution in [2.24, 2.45) is 11.7 Å². The normalized spacial score (nSPS) is 13.3. The third kappa shape index (κ3) is 3.92. The molecule has 4 aromatic rings. The number of hydrogen-bond acceptors (Lipinski definition) is 6. The molecule has 5 rings (SSSR count). The van der Waals surface area contributed by atoms with Gasteiger partial charge in [0.25, 0.3) is 0 Å². The molecular formula is C23H22N6O2. The Hall–Kier alpha value is -3.94. The van der Waals surface area contributed by atoms with Crippen molar-refractivity contribution < 1.29 is 9.53 Å². The second-order valence-corrected chi connectivity index (χ2v) is 7.78. The predicted octanol–water partition coefficient (Wildman–Crippen LogP) is 3.81. The highest BCUT2D eigenvalue weighted by atomic mass is 16.5. The van der Waals surface area contributed by atoms with Gasteiger partial charge in [0.1, 0.15) is 11.6 Å². The quantitative estimate of drug-likeness (QED) is 0.476. The zero-order chi connectivity index (χ0) is 21.4. The van der Waals surface area contributed by atoms with Crippen LogP contribution >= 0.6 is 0 Å². The number of aromatic nitrogens is 4. The topological polar surface area (TPSA) is 107 Å². The van der Waals surface area contributed by atoms with Crippen LogP contribution in [0.1, 0.15) is 28.8 Å². The van der Waals surface area contributed by atoms with Gasteiger partial charge in [0.15, 0.2) is 5.65 Å². The van der Waals surface area contributed by atoms with Crippen LogP contribution in [-0.2, 0) is 0 Å². The van der Waals surface area contributed by atoms with Crippen molar-refractivity contribution in [3.8, 4) is 22.8 Å². The zero-order valence-corrected chi connectivity index (χ0v) is 17.1. The van der Waals surface area contributed by atoms with Crippen LogP contribution in [0, 0.1) is 12.8 Å². The Labute approximate surface area is 179 Å². The Morgan fingerprint density at radius 2 is 2.13 bits per heavy atom. The molecule has 0 unspecified atom stereocenters. The van der Waals surface area contributed by atoms with E-state index in [1.165, 1.54) is 12.8 Å². The second kappa shape index (κ2) is 7.71. The molecule has 0 aliphatic heterocycles. The van der Waals surface area contributed by atoms with Gasteiger partial charge in [-0.1, -0.05) is 12.1 Å². The van der Waals surface area contributed by atoms with Gasteiger partial charge in [-0.25, -0.2) is 0 Å². The van der Waals surface area contributed by atoms with E-state index in [1.54, 1.807) is 29.2 Å². The summed E-state index contributed by atoms with van der Waals surface area (Å²) in [6.07, 6.45) is 7.61. The number of fused-ring (bicyclic) bond motifs is 1. The molecule has 1 fully saturated rings. The van der Waals surface area contributed by atoms with Gasteiger partial charge in [-0.2, -0.15) is 14.6 Å². The molecule has 1 saturated carbocycles. The minimum atomic E-state index is -0.444. The molecule has 156 valence electrons. The van der Waals surface area contributed by atoms with E-state index < -0.39 is 5.91 Å². The third-order valence-electron chi connectivity index (χ3n) is 5.38. The highest BCUT2D eigenvalue weighted by Crippen LogP contribution is 2.32. The summed E-state index contributed by atoms with van der Waals surface area (Å²) < 4.78 is 7.75. The monoisotopic (exact) mass is 414 g/mol. The number of benzene rings is 1.